The van der Waals surface area contributed by atoms with Gasteiger partial charge >= 0.3 is 0 Å². The second-order valence-electron chi connectivity index (χ2n) is 4.90. The van der Waals surface area contributed by atoms with Crippen LogP contribution in [0.15, 0.2) is 30.6 Å². The first-order valence-electron chi connectivity index (χ1n) is 6.54. The van der Waals surface area contributed by atoms with E-state index in [9.17, 15) is 4.79 Å². The van der Waals surface area contributed by atoms with E-state index < -0.39 is 0 Å². The van der Waals surface area contributed by atoms with E-state index in [1.165, 1.54) is 6.07 Å². The van der Waals surface area contributed by atoms with Crippen molar-refractivity contribution in [3.05, 3.63) is 52.0 Å². The third-order valence-corrected chi connectivity index (χ3v) is 3.74. The number of carbonyl (C=O) groups is 1. The van der Waals surface area contributed by atoms with Gasteiger partial charge in [0, 0.05) is 25.0 Å². The Morgan fingerprint density at radius 3 is 2.81 bits per heavy atom. The maximum atomic E-state index is 12.7. The van der Waals surface area contributed by atoms with E-state index in [0.717, 1.165) is 18.4 Å². The fourth-order valence-corrected chi connectivity index (χ4v) is 2.42. The molecule has 2 aromatic heterocycles. The summed E-state index contributed by atoms with van der Waals surface area (Å²) in [6, 6.07) is 5.48. The molecule has 1 fully saturated rings. The van der Waals surface area contributed by atoms with E-state index in [1.807, 2.05) is 12.1 Å². The van der Waals surface area contributed by atoms with Gasteiger partial charge in [0.25, 0.3) is 5.91 Å². The predicted octanol–water partition coefficient (Wildman–Crippen LogP) is 2.98. The van der Waals surface area contributed by atoms with Crippen LogP contribution in [0.25, 0.3) is 0 Å². The molecule has 1 saturated carbocycles. The molecule has 0 radical (unpaired) electrons. The van der Waals surface area contributed by atoms with Gasteiger partial charge in [-0.25, -0.2) is 0 Å². The number of halogens is 2. The molecule has 0 aliphatic heterocycles. The standard InChI is InChI=1S/C14H12Cl2N4O/c15-12-6-11(13(16)19-18-12)14(21)20(10-3-4-10)8-9-2-1-5-17-7-9/h1-2,5-7,10H,3-4,8H2. The summed E-state index contributed by atoms with van der Waals surface area (Å²) in [6.07, 6.45) is 5.45. The van der Waals surface area contributed by atoms with Crippen LogP contribution in [0.4, 0.5) is 0 Å². The fourth-order valence-electron chi connectivity index (χ4n) is 2.10. The highest BCUT2D eigenvalue weighted by atomic mass is 35.5. The summed E-state index contributed by atoms with van der Waals surface area (Å²) in [7, 11) is 0. The Kier molecular flexibility index (Phi) is 4.03. The molecule has 0 atom stereocenters. The van der Waals surface area contributed by atoms with Crippen molar-refractivity contribution in [2.45, 2.75) is 25.4 Å². The molecule has 21 heavy (non-hydrogen) atoms. The highest BCUT2D eigenvalue weighted by Gasteiger charge is 2.34. The monoisotopic (exact) mass is 322 g/mol. The molecule has 5 nitrogen and oxygen atoms in total. The Bertz CT molecular complexity index is 661. The van der Waals surface area contributed by atoms with E-state index >= 15 is 0 Å². The van der Waals surface area contributed by atoms with Crippen LogP contribution in [0.2, 0.25) is 10.3 Å². The van der Waals surface area contributed by atoms with Crippen LogP contribution < -0.4 is 0 Å². The van der Waals surface area contributed by atoms with Crippen molar-refractivity contribution in [1.29, 1.82) is 0 Å². The smallest absolute Gasteiger partial charge is 0.257 e. The largest absolute Gasteiger partial charge is 0.331 e. The number of pyridine rings is 1. The minimum Gasteiger partial charge on any atom is -0.331 e. The van der Waals surface area contributed by atoms with Gasteiger partial charge in [0.1, 0.15) is 0 Å². The molecule has 0 aromatic carbocycles. The van der Waals surface area contributed by atoms with E-state index in [2.05, 4.69) is 15.2 Å². The van der Waals surface area contributed by atoms with Crippen molar-refractivity contribution in [3.63, 3.8) is 0 Å². The quantitative estimate of drug-likeness (QED) is 0.868. The maximum absolute atomic E-state index is 12.7. The van der Waals surface area contributed by atoms with Gasteiger partial charge in [0.15, 0.2) is 10.3 Å². The van der Waals surface area contributed by atoms with Crippen molar-refractivity contribution in [3.8, 4) is 0 Å². The lowest BCUT2D eigenvalue weighted by atomic mass is 10.2. The molecule has 0 N–H and O–H groups in total. The molecule has 7 heteroatoms. The maximum Gasteiger partial charge on any atom is 0.257 e. The molecule has 0 spiro atoms. The van der Waals surface area contributed by atoms with Gasteiger partial charge in [0.2, 0.25) is 0 Å². The van der Waals surface area contributed by atoms with E-state index in [4.69, 9.17) is 23.2 Å². The Labute approximate surface area is 131 Å². The number of aromatic nitrogens is 3. The molecule has 0 saturated heterocycles. The summed E-state index contributed by atoms with van der Waals surface area (Å²) < 4.78 is 0. The Balaban J connectivity index is 1.87. The van der Waals surface area contributed by atoms with Crippen LogP contribution in [0.5, 0.6) is 0 Å². The van der Waals surface area contributed by atoms with Crippen molar-refractivity contribution in [2.75, 3.05) is 0 Å². The molecular weight excluding hydrogens is 311 g/mol. The van der Waals surface area contributed by atoms with E-state index in [0.29, 0.717) is 6.54 Å². The summed E-state index contributed by atoms with van der Waals surface area (Å²) >= 11 is 11.8. The molecule has 2 aromatic rings. The molecule has 2 heterocycles. The number of hydrogen-bond acceptors (Lipinski definition) is 4. The molecular formula is C14H12Cl2N4O. The molecule has 3 rings (SSSR count). The molecule has 0 unspecified atom stereocenters. The molecule has 0 bridgehead atoms. The van der Waals surface area contributed by atoms with Gasteiger partial charge < -0.3 is 4.90 Å². The number of nitrogens with zero attached hydrogens (tertiary/aromatic N) is 4. The number of carbonyl (C=O) groups excluding carboxylic acids is 1. The normalized spacial score (nSPS) is 14.0. The fraction of sp³-hybridized carbons (Fsp3) is 0.286. The zero-order chi connectivity index (χ0) is 14.8. The summed E-state index contributed by atoms with van der Waals surface area (Å²) in [5.41, 5.74) is 1.26. The molecule has 1 aliphatic carbocycles. The average Bonchev–Trinajstić information content (AvgIpc) is 3.32. The van der Waals surface area contributed by atoms with Crippen molar-refractivity contribution in [2.24, 2.45) is 0 Å². The van der Waals surface area contributed by atoms with Crippen molar-refractivity contribution >= 4 is 29.1 Å². The zero-order valence-corrected chi connectivity index (χ0v) is 12.6. The van der Waals surface area contributed by atoms with Gasteiger partial charge in [-0.1, -0.05) is 29.3 Å². The highest BCUT2D eigenvalue weighted by molar-refractivity contribution is 6.34. The van der Waals surface area contributed by atoms with Crippen molar-refractivity contribution in [1.82, 2.24) is 20.1 Å². The zero-order valence-electron chi connectivity index (χ0n) is 11.0. The average molecular weight is 323 g/mol. The lowest BCUT2D eigenvalue weighted by Gasteiger charge is -2.22. The lowest BCUT2D eigenvalue weighted by molar-refractivity contribution is 0.0729. The Hall–Kier alpha value is -1.72. The summed E-state index contributed by atoms with van der Waals surface area (Å²) in [5.74, 6) is -0.178. The number of hydrogen-bond donors (Lipinski definition) is 0. The summed E-state index contributed by atoms with van der Waals surface area (Å²) in [6.45, 7) is 0.494. The Morgan fingerprint density at radius 2 is 2.14 bits per heavy atom. The minimum absolute atomic E-state index is 0.0706. The minimum atomic E-state index is -0.178. The van der Waals surface area contributed by atoms with Gasteiger partial charge in [-0.2, -0.15) is 0 Å². The third-order valence-electron chi connectivity index (χ3n) is 3.27. The molecule has 1 aliphatic rings. The second kappa shape index (κ2) is 5.95. The second-order valence-corrected chi connectivity index (χ2v) is 5.64. The SMILES string of the molecule is O=C(c1cc(Cl)nnc1Cl)N(Cc1cccnc1)C1CC1. The van der Waals surface area contributed by atoms with E-state index in [1.54, 1.807) is 17.3 Å². The lowest BCUT2D eigenvalue weighted by Crippen LogP contribution is -2.33. The van der Waals surface area contributed by atoms with Crippen LogP contribution in [-0.2, 0) is 6.54 Å². The molecule has 108 valence electrons. The van der Waals surface area contributed by atoms with Crippen LogP contribution in [0.1, 0.15) is 28.8 Å². The van der Waals surface area contributed by atoms with Crippen LogP contribution in [0.3, 0.4) is 0 Å². The van der Waals surface area contributed by atoms with E-state index in [-0.39, 0.29) is 27.8 Å². The van der Waals surface area contributed by atoms with Crippen LogP contribution in [0, 0.1) is 0 Å². The van der Waals surface area contributed by atoms with Gasteiger partial charge in [-0.15, -0.1) is 10.2 Å². The van der Waals surface area contributed by atoms with Crippen LogP contribution >= 0.6 is 23.2 Å². The van der Waals surface area contributed by atoms with Gasteiger partial charge in [-0.3, -0.25) is 9.78 Å². The number of rotatable bonds is 4. The predicted molar refractivity (Wildman–Crippen MR) is 79.2 cm³/mol. The molecule has 1 amide bonds. The van der Waals surface area contributed by atoms with Crippen LogP contribution in [-0.4, -0.2) is 32.0 Å². The first-order valence-corrected chi connectivity index (χ1v) is 7.29. The number of amides is 1. The Morgan fingerprint density at radius 1 is 1.33 bits per heavy atom. The van der Waals surface area contributed by atoms with Gasteiger partial charge in [0.05, 0.1) is 5.56 Å². The van der Waals surface area contributed by atoms with Crippen molar-refractivity contribution < 1.29 is 4.79 Å². The highest BCUT2D eigenvalue weighted by Crippen LogP contribution is 2.31. The summed E-state index contributed by atoms with van der Waals surface area (Å²) in [4.78, 5) is 18.6. The first kappa shape index (κ1) is 14.2. The van der Waals surface area contributed by atoms with Gasteiger partial charge in [-0.05, 0) is 30.5 Å². The topological polar surface area (TPSA) is 59.0 Å². The third kappa shape index (κ3) is 3.31. The first-order chi connectivity index (χ1) is 10.1. The summed E-state index contributed by atoms with van der Waals surface area (Å²) in [5, 5.41) is 7.54.